The number of fused-ring (bicyclic) bond motifs is 1. The first kappa shape index (κ1) is 14.9. The van der Waals surface area contributed by atoms with Crippen LogP contribution < -0.4 is 0 Å². The fourth-order valence-corrected chi connectivity index (χ4v) is 4.58. The van der Waals surface area contributed by atoms with Gasteiger partial charge in [-0.3, -0.25) is 0 Å². The largest absolute Gasteiger partial charge is 0.505 e. The number of halogens is 1. The van der Waals surface area contributed by atoms with Crippen LogP contribution in [-0.4, -0.2) is 5.11 Å². The quantitative estimate of drug-likeness (QED) is 0.807. The van der Waals surface area contributed by atoms with Gasteiger partial charge in [0.1, 0.15) is 0 Å². The van der Waals surface area contributed by atoms with Crippen molar-refractivity contribution in [3.8, 4) is 5.75 Å². The van der Waals surface area contributed by atoms with E-state index in [-0.39, 0.29) is 11.6 Å². The fourth-order valence-electron chi connectivity index (χ4n) is 4.58. The number of hydrogen-bond acceptors (Lipinski definition) is 1. The van der Waals surface area contributed by atoms with E-state index in [2.05, 4.69) is 6.92 Å². The number of aromatic hydroxyl groups is 1. The lowest BCUT2D eigenvalue weighted by Gasteiger charge is -2.36. The van der Waals surface area contributed by atoms with Crippen LogP contribution >= 0.6 is 0 Å². The average molecular weight is 290 g/mol. The molecule has 1 aromatic carbocycles. The number of phenols is 1. The van der Waals surface area contributed by atoms with Crippen molar-refractivity contribution in [3.05, 3.63) is 29.1 Å². The Kier molecular flexibility index (Phi) is 4.51. The van der Waals surface area contributed by atoms with E-state index in [1.807, 2.05) is 6.07 Å². The molecule has 0 saturated heterocycles. The number of benzene rings is 1. The molecule has 1 fully saturated rings. The third-order valence-electron chi connectivity index (χ3n) is 5.82. The summed E-state index contributed by atoms with van der Waals surface area (Å²) in [6, 6.07) is 3.46. The monoisotopic (exact) mass is 290 g/mol. The minimum atomic E-state index is -0.377. The lowest BCUT2D eigenvalue weighted by Crippen LogP contribution is -2.27. The van der Waals surface area contributed by atoms with Crippen LogP contribution in [0.15, 0.2) is 12.1 Å². The molecule has 1 N–H and O–H groups in total. The van der Waals surface area contributed by atoms with Crippen LogP contribution in [0.2, 0.25) is 0 Å². The lowest BCUT2D eigenvalue weighted by atomic mass is 9.69. The zero-order chi connectivity index (χ0) is 14.8. The van der Waals surface area contributed by atoms with Gasteiger partial charge in [-0.1, -0.05) is 38.7 Å². The summed E-state index contributed by atoms with van der Waals surface area (Å²) in [6.07, 6.45) is 11.1. The summed E-state index contributed by atoms with van der Waals surface area (Å²) >= 11 is 0. The molecule has 1 nitrogen and oxygen atoms in total. The average Bonchev–Trinajstić information content (AvgIpc) is 2.52. The molecular formula is C19H27FO. The zero-order valence-corrected chi connectivity index (χ0v) is 13.1. The van der Waals surface area contributed by atoms with Crippen LogP contribution in [-0.2, 0) is 12.8 Å². The van der Waals surface area contributed by atoms with E-state index in [1.54, 1.807) is 0 Å². The fraction of sp³-hybridized carbons (Fsp3) is 0.684. The second kappa shape index (κ2) is 6.37. The molecule has 0 aromatic heterocycles. The smallest absolute Gasteiger partial charge is 0.168 e. The van der Waals surface area contributed by atoms with Crippen molar-refractivity contribution in [1.29, 1.82) is 0 Å². The van der Waals surface area contributed by atoms with E-state index in [1.165, 1.54) is 44.6 Å². The van der Waals surface area contributed by atoms with Crippen molar-refractivity contribution in [2.24, 2.45) is 17.8 Å². The molecule has 3 rings (SSSR count). The van der Waals surface area contributed by atoms with Gasteiger partial charge in [-0.15, -0.1) is 0 Å². The van der Waals surface area contributed by atoms with E-state index in [4.69, 9.17) is 0 Å². The van der Waals surface area contributed by atoms with Crippen LogP contribution in [0.4, 0.5) is 4.39 Å². The molecule has 0 aliphatic heterocycles. The standard InChI is InChI=1S/C19H27FO/c1-2-3-13-4-6-14(7-5-13)15-8-10-17-16(12-15)9-11-18(21)19(17)20/h9,11,13-15,21H,2-8,10,12H2,1H3. The molecule has 1 aromatic rings. The molecule has 0 heterocycles. The van der Waals surface area contributed by atoms with Gasteiger partial charge >= 0.3 is 0 Å². The van der Waals surface area contributed by atoms with Crippen molar-refractivity contribution in [1.82, 2.24) is 0 Å². The highest BCUT2D eigenvalue weighted by atomic mass is 19.1. The Morgan fingerprint density at radius 1 is 1.10 bits per heavy atom. The Morgan fingerprint density at radius 3 is 2.57 bits per heavy atom. The summed E-state index contributed by atoms with van der Waals surface area (Å²) in [5.41, 5.74) is 1.91. The van der Waals surface area contributed by atoms with Crippen LogP contribution in [0.1, 0.15) is 63.0 Å². The molecule has 2 heteroatoms. The minimum Gasteiger partial charge on any atom is -0.505 e. The second-order valence-electron chi connectivity index (χ2n) is 7.11. The van der Waals surface area contributed by atoms with E-state index >= 15 is 0 Å². The molecule has 1 atom stereocenters. The Labute approximate surface area is 127 Å². The highest BCUT2D eigenvalue weighted by molar-refractivity contribution is 5.38. The van der Waals surface area contributed by atoms with Gasteiger partial charge in [0.25, 0.3) is 0 Å². The summed E-state index contributed by atoms with van der Waals surface area (Å²) in [4.78, 5) is 0. The maximum atomic E-state index is 13.9. The van der Waals surface area contributed by atoms with Gasteiger partial charge in [0.05, 0.1) is 0 Å². The van der Waals surface area contributed by atoms with E-state index in [0.717, 1.165) is 48.1 Å². The molecule has 0 bridgehead atoms. The van der Waals surface area contributed by atoms with E-state index in [0.29, 0.717) is 0 Å². The van der Waals surface area contributed by atoms with Crippen molar-refractivity contribution in [2.45, 2.75) is 64.7 Å². The molecule has 2 aliphatic carbocycles. The van der Waals surface area contributed by atoms with Crippen molar-refractivity contribution < 1.29 is 9.50 Å². The molecule has 0 spiro atoms. The first-order chi connectivity index (χ1) is 10.2. The van der Waals surface area contributed by atoms with Gasteiger partial charge in [0, 0.05) is 0 Å². The Morgan fingerprint density at radius 2 is 1.86 bits per heavy atom. The molecule has 21 heavy (non-hydrogen) atoms. The van der Waals surface area contributed by atoms with E-state index < -0.39 is 0 Å². The van der Waals surface area contributed by atoms with Crippen LogP contribution in [0.25, 0.3) is 0 Å². The summed E-state index contributed by atoms with van der Waals surface area (Å²) < 4.78 is 13.9. The molecular weight excluding hydrogens is 263 g/mol. The minimum absolute atomic E-state index is 0.188. The topological polar surface area (TPSA) is 20.2 Å². The molecule has 116 valence electrons. The summed E-state index contributed by atoms with van der Waals surface area (Å²) in [6.45, 7) is 2.29. The van der Waals surface area contributed by atoms with Gasteiger partial charge in [-0.05, 0) is 67.1 Å². The van der Waals surface area contributed by atoms with Crippen LogP contribution in [0.5, 0.6) is 5.75 Å². The highest BCUT2D eigenvalue weighted by Crippen LogP contribution is 2.41. The third kappa shape index (κ3) is 3.09. The van der Waals surface area contributed by atoms with Crippen LogP contribution in [0.3, 0.4) is 0 Å². The van der Waals surface area contributed by atoms with Crippen molar-refractivity contribution >= 4 is 0 Å². The molecule has 1 unspecified atom stereocenters. The zero-order valence-electron chi connectivity index (χ0n) is 13.1. The molecule has 1 saturated carbocycles. The Balaban J connectivity index is 1.63. The normalized spacial score (nSPS) is 29.1. The maximum Gasteiger partial charge on any atom is 0.168 e. The van der Waals surface area contributed by atoms with Crippen LogP contribution in [0, 0.1) is 23.6 Å². The first-order valence-electron chi connectivity index (χ1n) is 8.68. The second-order valence-corrected chi connectivity index (χ2v) is 7.11. The predicted molar refractivity (Wildman–Crippen MR) is 83.9 cm³/mol. The van der Waals surface area contributed by atoms with Gasteiger partial charge in [-0.25, -0.2) is 4.39 Å². The van der Waals surface area contributed by atoms with Gasteiger partial charge in [0.15, 0.2) is 11.6 Å². The summed E-state index contributed by atoms with van der Waals surface area (Å²) in [5.74, 6) is 1.95. The lowest BCUT2D eigenvalue weighted by molar-refractivity contribution is 0.183. The maximum absolute atomic E-state index is 13.9. The van der Waals surface area contributed by atoms with Gasteiger partial charge in [-0.2, -0.15) is 0 Å². The van der Waals surface area contributed by atoms with Crippen molar-refractivity contribution in [3.63, 3.8) is 0 Å². The molecule has 0 amide bonds. The third-order valence-corrected chi connectivity index (χ3v) is 5.82. The number of hydrogen-bond donors (Lipinski definition) is 1. The number of phenolic OH excluding ortho intramolecular Hbond substituents is 1. The Bertz CT molecular complexity index is 489. The summed E-state index contributed by atoms with van der Waals surface area (Å²) in [5, 5.41) is 9.49. The number of rotatable bonds is 3. The van der Waals surface area contributed by atoms with E-state index in [9.17, 15) is 9.50 Å². The Hall–Kier alpha value is -1.05. The predicted octanol–water partition coefficient (Wildman–Crippen LogP) is 5.24. The van der Waals surface area contributed by atoms with Gasteiger partial charge in [0.2, 0.25) is 0 Å². The molecule has 2 aliphatic rings. The van der Waals surface area contributed by atoms with Gasteiger partial charge < -0.3 is 5.11 Å². The highest BCUT2D eigenvalue weighted by Gasteiger charge is 2.31. The SMILES string of the molecule is CCCC1CCC(C2CCc3c(ccc(O)c3F)C2)CC1. The van der Waals surface area contributed by atoms with Crippen molar-refractivity contribution in [2.75, 3.05) is 0 Å². The molecule has 0 radical (unpaired) electrons. The first-order valence-corrected chi connectivity index (χ1v) is 8.68. The summed E-state index contributed by atoms with van der Waals surface area (Å²) in [7, 11) is 0.